The van der Waals surface area contributed by atoms with Gasteiger partial charge in [-0.2, -0.15) is 0 Å². The van der Waals surface area contributed by atoms with Crippen LogP contribution in [-0.2, 0) is 4.84 Å². The maximum absolute atomic E-state index is 11.8. The first-order valence-electron chi connectivity index (χ1n) is 6.42. The van der Waals surface area contributed by atoms with E-state index < -0.39 is 22.9 Å². The van der Waals surface area contributed by atoms with Crippen molar-refractivity contribution in [2.45, 2.75) is 19.4 Å². The van der Waals surface area contributed by atoms with E-state index in [9.17, 15) is 19.5 Å². The number of rotatable bonds is 5. The maximum Gasteiger partial charge on any atom is 0.349 e. The monoisotopic (exact) mass is 308 g/mol. The van der Waals surface area contributed by atoms with Crippen molar-refractivity contribution in [2.75, 3.05) is 6.61 Å². The highest BCUT2D eigenvalue weighted by molar-refractivity contribution is 5.93. The molecular formula is C13H16N4O5. The van der Waals surface area contributed by atoms with Crippen LogP contribution < -0.4 is 16.9 Å². The Bertz CT molecular complexity index is 763. The van der Waals surface area contributed by atoms with Gasteiger partial charge in [0.05, 0.1) is 11.3 Å². The molecule has 0 unspecified atom stereocenters. The van der Waals surface area contributed by atoms with E-state index in [1.54, 1.807) is 13.8 Å². The fraction of sp³-hybridized carbons (Fsp3) is 0.308. The Balaban J connectivity index is 2.06. The maximum atomic E-state index is 11.8. The number of carbonyl (C=O) groups excluding carboxylic acids is 1. The molecule has 2 rings (SSSR count). The van der Waals surface area contributed by atoms with E-state index in [0.717, 1.165) is 4.68 Å². The molecule has 9 nitrogen and oxygen atoms in total. The van der Waals surface area contributed by atoms with Gasteiger partial charge in [0.25, 0.3) is 5.91 Å². The van der Waals surface area contributed by atoms with E-state index in [1.807, 2.05) is 0 Å². The Hall–Kier alpha value is -2.65. The van der Waals surface area contributed by atoms with Gasteiger partial charge in [-0.05, 0) is 38.1 Å². The van der Waals surface area contributed by atoms with Crippen LogP contribution in [0.25, 0.3) is 5.69 Å². The summed E-state index contributed by atoms with van der Waals surface area (Å²) in [4.78, 5) is 41.2. The van der Waals surface area contributed by atoms with Gasteiger partial charge in [-0.25, -0.2) is 24.8 Å². The zero-order valence-corrected chi connectivity index (χ0v) is 12.0. The van der Waals surface area contributed by atoms with Gasteiger partial charge in [0.15, 0.2) is 0 Å². The summed E-state index contributed by atoms with van der Waals surface area (Å²) in [6, 6.07) is 5.93. The minimum atomic E-state index is -1.06. The van der Waals surface area contributed by atoms with Crippen LogP contribution in [0.5, 0.6) is 0 Å². The molecule has 0 bridgehead atoms. The van der Waals surface area contributed by atoms with Gasteiger partial charge in [-0.1, -0.05) is 0 Å². The quantitative estimate of drug-likeness (QED) is 0.542. The number of carbonyl (C=O) groups is 1. The van der Waals surface area contributed by atoms with Gasteiger partial charge in [0, 0.05) is 5.56 Å². The zero-order chi connectivity index (χ0) is 16.3. The average molecular weight is 308 g/mol. The fourth-order valence-electron chi connectivity index (χ4n) is 1.61. The van der Waals surface area contributed by atoms with Crippen LogP contribution in [0.4, 0.5) is 0 Å². The highest BCUT2D eigenvalue weighted by atomic mass is 16.7. The van der Waals surface area contributed by atoms with Crippen LogP contribution >= 0.6 is 0 Å². The summed E-state index contributed by atoms with van der Waals surface area (Å²) >= 11 is 0. The number of hydrogen-bond donors (Lipinski definition) is 4. The summed E-state index contributed by atoms with van der Waals surface area (Å²) in [5.74, 6) is -0.495. The molecule has 9 heteroatoms. The number of amides is 1. The molecule has 2 aromatic rings. The van der Waals surface area contributed by atoms with E-state index in [-0.39, 0.29) is 6.61 Å². The lowest BCUT2D eigenvalue weighted by atomic mass is 10.2. The van der Waals surface area contributed by atoms with Crippen molar-refractivity contribution in [1.82, 2.24) is 20.2 Å². The first-order valence-corrected chi connectivity index (χ1v) is 6.42. The number of nitrogens with zero attached hydrogens (tertiary/aromatic N) is 1. The Morgan fingerprint density at radius 2 is 1.95 bits per heavy atom. The highest BCUT2D eigenvalue weighted by Gasteiger charge is 2.14. The van der Waals surface area contributed by atoms with Crippen molar-refractivity contribution in [3.8, 4) is 5.69 Å². The van der Waals surface area contributed by atoms with Crippen LogP contribution in [0.15, 0.2) is 33.9 Å². The van der Waals surface area contributed by atoms with Crippen LogP contribution in [-0.4, -0.2) is 38.0 Å². The Morgan fingerprint density at radius 1 is 1.32 bits per heavy atom. The van der Waals surface area contributed by atoms with Gasteiger partial charge >= 0.3 is 11.4 Å². The first-order chi connectivity index (χ1) is 10.3. The zero-order valence-electron chi connectivity index (χ0n) is 12.0. The van der Waals surface area contributed by atoms with Crippen LogP contribution in [0.2, 0.25) is 0 Å². The molecule has 4 N–H and O–H groups in total. The number of hydrogen-bond acceptors (Lipinski definition) is 5. The third-order valence-electron chi connectivity index (χ3n) is 2.61. The molecule has 1 aromatic carbocycles. The van der Waals surface area contributed by atoms with Crippen LogP contribution in [0, 0.1) is 0 Å². The van der Waals surface area contributed by atoms with Crippen molar-refractivity contribution in [3.05, 3.63) is 50.8 Å². The SMILES string of the molecule is CC(C)(O)CONC(=O)c1ccc(-n2[nH]c(=O)[nH]c2=O)cc1. The predicted octanol–water partition coefficient (Wildman–Crippen LogP) is -0.714. The Morgan fingerprint density at radius 3 is 2.45 bits per heavy atom. The molecule has 22 heavy (non-hydrogen) atoms. The standard InChI is InChI=1S/C13H16N4O5/c1-13(2,21)7-22-16-10(18)8-3-5-9(6-4-8)17-12(20)14-11(19)15-17/h3-6,21H,7H2,1-2H3,(H,16,18)(H2,14,15,19,20). The molecule has 1 heterocycles. The van der Waals surface area contributed by atoms with E-state index in [1.165, 1.54) is 24.3 Å². The Labute approximate surface area is 124 Å². The molecule has 1 aromatic heterocycles. The molecule has 0 aliphatic heterocycles. The minimum absolute atomic E-state index is 0.0587. The van der Waals surface area contributed by atoms with Gasteiger partial charge < -0.3 is 5.11 Å². The van der Waals surface area contributed by atoms with E-state index in [2.05, 4.69) is 15.6 Å². The van der Waals surface area contributed by atoms with Crippen LogP contribution in [0.1, 0.15) is 24.2 Å². The lowest BCUT2D eigenvalue weighted by molar-refractivity contribution is -0.0522. The van der Waals surface area contributed by atoms with Crippen molar-refractivity contribution in [3.63, 3.8) is 0 Å². The lowest BCUT2D eigenvalue weighted by Gasteiger charge is -2.16. The number of aromatic amines is 2. The van der Waals surface area contributed by atoms with Crippen molar-refractivity contribution < 1.29 is 14.7 Å². The molecule has 0 atom stereocenters. The van der Waals surface area contributed by atoms with E-state index in [4.69, 9.17) is 4.84 Å². The molecule has 0 saturated carbocycles. The van der Waals surface area contributed by atoms with Gasteiger partial charge in [0.1, 0.15) is 6.61 Å². The second-order valence-electron chi connectivity index (χ2n) is 5.29. The van der Waals surface area contributed by atoms with Gasteiger partial charge in [-0.3, -0.25) is 14.6 Å². The number of H-pyrrole nitrogens is 2. The number of hydroxylamine groups is 1. The molecule has 1 amide bonds. The molecule has 0 spiro atoms. The summed E-state index contributed by atoms with van der Waals surface area (Å²) in [5, 5.41) is 11.8. The fourth-order valence-corrected chi connectivity index (χ4v) is 1.61. The molecule has 0 aliphatic rings. The number of aromatic nitrogens is 3. The largest absolute Gasteiger partial charge is 0.388 e. The molecule has 0 radical (unpaired) electrons. The second kappa shape index (κ2) is 6.00. The highest BCUT2D eigenvalue weighted by Crippen LogP contribution is 2.07. The molecule has 0 saturated heterocycles. The predicted molar refractivity (Wildman–Crippen MR) is 76.7 cm³/mol. The summed E-state index contributed by atoms with van der Waals surface area (Å²) in [7, 11) is 0. The molecule has 0 fully saturated rings. The van der Waals surface area contributed by atoms with Gasteiger partial charge in [0.2, 0.25) is 0 Å². The summed E-state index contributed by atoms with van der Waals surface area (Å²) in [6.45, 7) is 3.03. The average Bonchev–Trinajstić information content (AvgIpc) is 2.76. The summed E-state index contributed by atoms with van der Waals surface area (Å²) in [5.41, 5.74) is 0.619. The smallest absolute Gasteiger partial charge is 0.349 e. The topological polar surface area (TPSA) is 129 Å². The summed E-state index contributed by atoms with van der Waals surface area (Å²) < 4.78 is 1.02. The molecule has 0 aliphatic carbocycles. The number of nitrogens with one attached hydrogen (secondary N) is 3. The van der Waals surface area contributed by atoms with Crippen LogP contribution in [0.3, 0.4) is 0 Å². The van der Waals surface area contributed by atoms with E-state index >= 15 is 0 Å². The Kier molecular flexibility index (Phi) is 4.29. The van der Waals surface area contributed by atoms with Crippen molar-refractivity contribution in [1.29, 1.82) is 0 Å². The van der Waals surface area contributed by atoms with Crippen molar-refractivity contribution in [2.24, 2.45) is 0 Å². The second-order valence-corrected chi connectivity index (χ2v) is 5.29. The molecular weight excluding hydrogens is 292 g/mol. The lowest BCUT2D eigenvalue weighted by Crippen LogP contribution is -2.33. The minimum Gasteiger partial charge on any atom is -0.388 e. The number of benzene rings is 1. The number of aliphatic hydroxyl groups is 1. The first kappa shape index (κ1) is 15.7. The molecule has 118 valence electrons. The third kappa shape index (κ3) is 3.93. The third-order valence-corrected chi connectivity index (χ3v) is 2.61. The summed E-state index contributed by atoms with van der Waals surface area (Å²) in [6.07, 6.45) is 0. The normalized spacial score (nSPS) is 11.4. The van der Waals surface area contributed by atoms with E-state index in [0.29, 0.717) is 11.3 Å². The van der Waals surface area contributed by atoms with Crippen molar-refractivity contribution >= 4 is 5.91 Å². The van der Waals surface area contributed by atoms with Gasteiger partial charge in [-0.15, -0.1) is 0 Å².